The Morgan fingerprint density at radius 1 is 0.239 bits per heavy atom. The molecule has 0 bridgehead atoms. The number of thiophene rings is 3. The van der Waals surface area contributed by atoms with Gasteiger partial charge in [0, 0.05) is 126 Å². The average molecular weight is 1170 g/mol. The van der Waals surface area contributed by atoms with Crippen LogP contribution in [0.5, 0.6) is 0 Å². The third-order valence-electron chi connectivity index (χ3n) is 18.4. The standard InChI is InChI=1S/C80H45N5S3/c1-7-25-64-59(22-1)73-67(40-36-56-53-19-4-10-28-70(53)86-77(56)73)83(64)50-34-31-46(32-35-50)80-81-63-39-33-48(47-15-13-17-51(43-47)84-65-26-8-2-23-60(65)74-68(84)41-37-57-54-20-5-11-29-71(54)87-78(57)74)45-62(63)76(82-80)49-16-14-18-52(44-49)85-66-27-9-3-24-61(66)75-69(85)42-38-58-55-21-6-12-30-72(55)88-79(58)75/h1-45H. The molecule has 0 spiro atoms. The molecule has 0 aliphatic rings. The van der Waals surface area contributed by atoms with Crippen molar-refractivity contribution < 1.29 is 0 Å². The fourth-order valence-electron chi connectivity index (χ4n) is 14.6. The van der Waals surface area contributed by atoms with Crippen molar-refractivity contribution >= 4 is 171 Å². The van der Waals surface area contributed by atoms with Gasteiger partial charge in [-0.1, -0.05) is 158 Å². The minimum absolute atomic E-state index is 0.673. The monoisotopic (exact) mass is 1170 g/mol. The van der Waals surface area contributed by atoms with Crippen LogP contribution in [0.4, 0.5) is 0 Å². The molecule has 0 saturated carbocycles. The number of hydrogen-bond donors (Lipinski definition) is 0. The molecule has 0 N–H and O–H groups in total. The lowest BCUT2D eigenvalue weighted by atomic mass is 9.99. The zero-order chi connectivity index (χ0) is 57.3. The SMILES string of the molecule is c1cc(-c2ccc3nc(-c4ccc(-n5c6ccccc6c6c7sc8ccccc8c7ccc65)cc4)nc(-c4cccc(-n5c6ccccc6c6c7sc8ccccc8c7ccc65)c4)c3c2)cc(-n2c3ccccc3c3c4sc5ccccc5c4ccc32)c1. The summed E-state index contributed by atoms with van der Waals surface area (Å²) in [7, 11) is 0. The van der Waals surface area contributed by atoms with Crippen LogP contribution in [0.3, 0.4) is 0 Å². The molecule has 8 heteroatoms. The molecule has 0 amide bonds. The van der Waals surface area contributed by atoms with E-state index in [-0.39, 0.29) is 0 Å². The first-order chi connectivity index (χ1) is 43.6. The molecule has 7 aromatic heterocycles. The van der Waals surface area contributed by atoms with E-state index in [2.05, 4.69) is 287 Å². The summed E-state index contributed by atoms with van der Waals surface area (Å²) in [6.45, 7) is 0. The summed E-state index contributed by atoms with van der Waals surface area (Å²) >= 11 is 5.66. The highest BCUT2D eigenvalue weighted by Crippen LogP contribution is 2.48. The third kappa shape index (κ3) is 6.90. The Labute approximate surface area is 514 Å². The van der Waals surface area contributed by atoms with Crippen molar-refractivity contribution in [2.75, 3.05) is 0 Å². The highest BCUT2D eigenvalue weighted by atomic mass is 32.1. The molecule has 0 aliphatic heterocycles. The molecule has 7 heterocycles. The summed E-state index contributed by atoms with van der Waals surface area (Å²) in [5.74, 6) is 0.673. The van der Waals surface area contributed by atoms with E-state index in [1.807, 2.05) is 34.0 Å². The quantitative estimate of drug-likeness (QED) is 0.166. The topological polar surface area (TPSA) is 40.6 Å². The van der Waals surface area contributed by atoms with Gasteiger partial charge in [-0.25, -0.2) is 9.97 Å². The summed E-state index contributed by atoms with van der Waals surface area (Å²) in [6, 6.07) is 100. The van der Waals surface area contributed by atoms with Gasteiger partial charge in [-0.2, -0.15) is 0 Å². The first-order valence-electron chi connectivity index (χ1n) is 29.8. The van der Waals surface area contributed by atoms with E-state index in [0.29, 0.717) is 5.82 Å². The lowest BCUT2D eigenvalue weighted by Gasteiger charge is -2.14. The molecule has 0 aliphatic carbocycles. The van der Waals surface area contributed by atoms with E-state index < -0.39 is 0 Å². The van der Waals surface area contributed by atoms with Crippen LogP contribution >= 0.6 is 34.0 Å². The second-order valence-corrected chi connectivity index (χ2v) is 26.3. The van der Waals surface area contributed by atoms with Crippen LogP contribution < -0.4 is 0 Å². The van der Waals surface area contributed by atoms with Crippen molar-refractivity contribution in [3.63, 3.8) is 0 Å². The summed E-state index contributed by atoms with van der Waals surface area (Å²) in [4.78, 5) is 11.1. The predicted octanol–water partition coefficient (Wildman–Crippen LogP) is 23.0. The van der Waals surface area contributed by atoms with Crippen LogP contribution in [-0.4, -0.2) is 23.7 Å². The van der Waals surface area contributed by atoms with Crippen LogP contribution in [-0.2, 0) is 0 Å². The van der Waals surface area contributed by atoms with Crippen molar-refractivity contribution in [2.45, 2.75) is 0 Å². The van der Waals surface area contributed by atoms with Gasteiger partial charge in [0.05, 0.1) is 44.3 Å². The Hall–Kier alpha value is -10.7. The van der Waals surface area contributed by atoms with Crippen molar-refractivity contribution in [3.05, 3.63) is 273 Å². The molecule has 0 saturated heterocycles. The zero-order valence-electron chi connectivity index (χ0n) is 46.9. The molecule has 0 atom stereocenters. The van der Waals surface area contributed by atoms with Crippen LogP contribution in [0.25, 0.3) is 188 Å². The van der Waals surface area contributed by atoms with Gasteiger partial charge >= 0.3 is 0 Å². The summed E-state index contributed by atoms with van der Waals surface area (Å²) in [5, 5.41) is 16.4. The zero-order valence-corrected chi connectivity index (χ0v) is 49.4. The fraction of sp³-hybridized carbons (Fsp3) is 0. The minimum atomic E-state index is 0.673. The lowest BCUT2D eigenvalue weighted by Crippen LogP contribution is -1.99. The van der Waals surface area contributed by atoms with Gasteiger partial charge in [0.25, 0.3) is 0 Å². The van der Waals surface area contributed by atoms with E-state index in [1.54, 1.807) is 0 Å². The average Bonchev–Trinajstić information content (AvgIpc) is 1.93. The summed E-state index contributed by atoms with van der Waals surface area (Å²) < 4.78 is 15.2. The number of hydrogen-bond acceptors (Lipinski definition) is 5. The van der Waals surface area contributed by atoms with E-state index in [1.165, 1.54) is 126 Å². The number of aromatic nitrogens is 5. The molecule has 20 aromatic rings. The largest absolute Gasteiger partial charge is 0.309 e. The van der Waals surface area contributed by atoms with Crippen molar-refractivity contribution in [2.24, 2.45) is 0 Å². The van der Waals surface area contributed by atoms with Crippen molar-refractivity contribution in [3.8, 4) is 50.8 Å². The van der Waals surface area contributed by atoms with Gasteiger partial charge in [-0.15, -0.1) is 34.0 Å². The van der Waals surface area contributed by atoms with E-state index >= 15 is 0 Å². The molecular weight excluding hydrogens is 1130 g/mol. The number of nitrogens with zero attached hydrogens (tertiary/aromatic N) is 5. The first-order valence-corrected chi connectivity index (χ1v) is 32.2. The Morgan fingerprint density at radius 2 is 0.636 bits per heavy atom. The molecule has 0 unspecified atom stereocenters. The normalized spacial score (nSPS) is 12.3. The second kappa shape index (κ2) is 18.4. The highest BCUT2D eigenvalue weighted by molar-refractivity contribution is 7.27. The van der Waals surface area contributed by atoms with Crippen LogP contribution in [0.1, 0.15) is 0 Å². The molecule has 408 valence electrons. The van der Waals surface area contributed by atoms with E-state index in [4.69, 9.17) is 9.97 Å². The fourth-order valence-corrected chi connectivity index (χ4v) is 18.3. The maximum atomic E-state index is 5.68. The van der Waals surface area contributed by atoms with Gasteiger partial charge in [0.1, 0.15) is 0 Å². The van der Waals surface area contributed by atoms with Crippen molar-refractivity contribution in [1.29, 1.82) is 0 Å². The lowest BCUT2D eigenvalue weighted by molar-refractivity contribution is 1.17. The molecule has 88 heavy (non-hydrogen) atoms. The maximum absolute atomic E-state index is 5.68. The molecule has 0 radical (unpaired) electrons. The summed E-state index contributed by atoms with van der Waals surface area (Å²) in [6.07, 6.45) is 0. The van der Waals surface area contributed by atoms with Gasteiger partial charge < -0.3 is 13.7 Å². The number of benzene rings is 13. The van der Waals surface area contributed by atoms with Crippen LogP contribution in [0.2, 0.25) is 0 Å². The Bertz CT molecular complexity index is 6380. The number of fused-ring (bicyclic) bond motifs is 22. The van der Waals surface area contributed by atoms with Crippen LogP contribution in [0.15, 0.2) is 273 Å². The minimum Gasteiger partial charge on any atom is -0.309 e. The van der Waals surface area contributed by atoms with Gasteiger partial charge in [0.15, 0.2) is 5.82 Å². The van der Waals surface area contributed by atoms with Crippen molar-refractivity contribution in [1.82, 2.24) is 23.7 Å². The number of para-hydroxylation sites is 3. The molecular formula is C80H45N5S3. The molecule has 5 nitrogen and oxygen atoms in total. The summed E-state index contributed by atoms with van der Waals surface area (Å²) in [5.41, 5.74) is 16.3. The van der Waals surface area contributed by atoms with Gasteiger partial charge in [-0.05, 0) is 126 Å². The Kier molecular flexibility index (Phi) is 10.1. The third-order valence-corrected chi connectivity index (χ3v) is 22.0. The van der Waals surface area contributed by atoms with E-state index in [0.717, 1.165) is 55.9 Å². The smallest absolute Gasteiger partial charge is 0.160 e. The molecule has 0 fully saturated rings. The Balaban J connectivity index is 0.762. The first kappa shape index (κ1) is 48.5. The Morgan fingerprint density at radius 3 is 1.12 bits per heavy atom. The predicted molar refractivity (Wildman–Crippen MR) is 378 cm³/mol. The van der Waals surface area contributed by atoms with Gasteiger partial charge in [0.2, 0.25) is 0 Å². The van der Waals surface area contributed by atoms with Crippen LogP contribution in [0, 0.1) is 0 Å². The van der Waals surface area contributed by atoms with E-state index in [9.17, 15) is 0 Å². The van der Waals surface area contributed by atoms with Gasteiger partial charge in [-0.3, -0.25) is 0 Å². The molecule has 13 aromatic carbocycles. The molecule has 20 rings (SSSR count). The maximum Gasteiger partial charge on any atom is 0.160 e. The highest BCUT2D eigenvalue weighted by Gasteiger charge is 2.23. The number of rotatable bonds is 6. The second-order valence-electron chi connectivity index (χ2n) is 23.1.